The normalized spacial score (nSPS) is 14.5. The van der Waals surface area contributed by atoms with E-state index < -0.39 is 0 Å². The molecule has 0 saturated carbocycles. The minimum Gasteiger partial charge on any atom is -0.438 e. The van der Waals surface area contributed by atoms with Crippen LogP contribution in [0.4, 0.5) is 5.69 Å². The van der Waals surface area contributed by atoms with Gasteiger partial charge in [0, 0.05) is 19.3 Å². The first-order chi connectivity index (χ1) is 10.4. The molecule has 2 heterocycles. The highest BCUT2D eigenvalue weighted by Gasteiger charge is 2.19. The topological polar surface area (TPSA) is 58.4 Å². The Bertz CT molecular complexity index is 646. The van der Waals surface area contributed by atoms with Gasteiger partial charge in [-0.25, -0.2) is 4.98 Å². The van der Waals surface area contributed by atoms with Crippen molar-refractivity contribution in [1.29, 1.82) is 5.26 Å². The van der Waals surface area contributed by atoms with E-state index in [1.165, 1.54) is 0 Å². The highest BCUT2D eigenvalue weighted by Crippen LogP contribution is 2.30. The number of aromatic nitrogens is 1. The molecule has 0 bridgehead atoms. The fourth-order valence-corrected chi connectivity index (χ4v) is 2.28. The van der Waals surface area contributed by atoms with Gasteiger partial charge in [-0.1, -0.05) is 18.2 Å². The van der Waals surface area contributed by atoms with Crippen molar-refractivity contribution in [3.05, 3.63) is 48.2 Å². The van der Waals surface area contributed by atoms with E-state index in [1.54, 1.807) is 6.20 Å². The van der Waals surface area contributed by atoms with Crippen LogP contribution >= 0.6 is 0 Å². The van der Waals surface area contributed by atoms with E-state index in [-0.39, 0.29) is 0 Å². The summed E-state index contributed by atoms with van der Waals surface area (Å²) in [6, 6.07) is 13.4. The molecule has 106 valence electrons. The van der Waals surface area contributed by atoms with Gasteiger partial charge in [-0.15, -0.1) is 0 Å². The van der Waals surface area contributed by atoms with Gasteiger partial charge >= 0.3 is 0 Å². The number of morpholine rings is 1. The van der Waals surface area contributed by atoms with Crippen molar-refractivity contribution in [2.24, 2.45) is 0 Å². The monoisotopic (exact) mass is 281 g/mol. The second-order valence-electron chi connectivity index (χ2n) is 4.64. The van der Waals surface area contributed by atoms with Crippen molar-refractivity contribution in [1.82, 2.24) is 4.98 Å². The minimum atomic E-state index is 0.340. The number of benzene rings is 1. The van der Waals surface area contributed by atoms with Gasteiger partial charge in [0.2, 0.25) is 5.88 Å². The lowest BCUT2D eigenvalue weighted by Gasteiger charge is -2.29. The number of pyridine rings is 1. The summed E-state index contributed by atoms with van der Waals surface area (Å²) in [5, 5.41) is 9.48. The van der Waals surface area contributed by atoms with Crippen LogP contribution in [-0.2, 0) is 4.74 Å². The lowest BCUT2D eigenvalue weighted by Crippen LogP contribution is -2.36. The van der Waals surface area contributed by atoms with E-state index in [9.17, 15) is 5.26 Å². The summed E-state index contributed by atoms with van der Waals surface area (Å²) in [7, 11) is 0. The third-order valence-electron chi connectivity index (χ3n) is 3.32. The summed E-state index contributed by atoms with van der Waals surface area (Å²) in [4.78, 5) is 6.32. The van der Waals surface area contributed by atoms with E-state index in [1.807, 2.05) is 36.4 Å². The predicted octanol–water partition coefficient (Wildman–Crippen LogP) is 2.58. The number of ether oxygens (including phenoxy) is 2. The molecule has 1 aliphatic heterocycles. The fourth-order valence-electron chi connectivity index (χ4n) is 2.28. The van der Waals surface area contributed by atoms with Gasteiger partial charge in [0.15, 0.2) is 0 Å². The van der Waals surface area contributed by atoms with Crippen molar-refractivity contribution in [3.8, 4) is 17.7 Å². The van der Waals surface area contributed by atoms with Crippen molar-refractivity contribution in [2.75, 3.05) is 31.2 Å². The summed E-state index contributed by atoms with van der Waals surface area (Å²) >= 11 is 0. The maximum Gasteiger partial charge on any atom is 0.239 e. The molecule has 1 aromatic carbocycles. The second-order valence-corrected chi connectivity index (χ2v) is 4.64. The Balaban J connectivity index is 1.92. The maximum atomic E-state index is 9.48. The Morgan fingerprint density at radius 3 is 2.62 bits per heavy atom. The molecule has 0 amide bonds. The molecule has 5 heteroatoms. The number of nitrogens with zero attached hydrogens (tertiary/aromatic N) is 3. The summed E-state index contributed by atoms with van der Waals surface area (Å²) in [6.45, 7) is 2.87. The molecule has 1 aliphatic rings. The van der Waals surface area contributed by atoms with Crippen LogP contribution in [0.25, 0.3) is 0 Å². The molecule has 5 nitrogen and oxygen atoms in total. The molecule has 2 aromatic rings. The number of anilines is 1. The third kappa shape index (κ3) is 2.96. The quantitative estimate of drug-likeness (QED) is 0.865. The lowest BCUT2D eigenvalue weighted by molar-refractivity contribution is 0.122. The molecule has 1 aromatic heterocycles. The largest absolute Gasteiger partial charge is 0.438 e. The Labute approximate surface area is 123 Å². The van der Waals surface area contributed by atoms with E-state index in [4.69, 9.17) is 9.47 Å². The van der Waals surface area contributed by atoms with Crippen LogP contribution < -0.4 is 9.64 Å². The van der Waals surface area contributed by atoms with Crippen LogP contribution in [0.5, 0.6) is 11.6 Å². The molecule has 1 saturated heterocycles. The van der Waals surface area contributed by atoms with Crippen LogP contribution in [0.15, 0.2) is 42.6 Å². The smallest absolute Gasteiger partial charge is 0.239 e. The molecule has 0 aliphatic carbocycles. The molecule has 3 rings (SSSR count). The zero-order valence-electron chi connectivity index (χ0n) is 11.5. The number of nitriles is 1. The van der Waals surface area contributed by atoms with Crippen LogP contribution in [-0.4, -0.2) is 31.3 Å². The summed E-state index contributed by atoms with van der Waals surface area (Å²) in [5.41, 5.74) is 1.31. The molecule has 0 unspecified atom stereocenters. The van der Waals surface area contributed by atoms with Crippen molar-refractivity contribution < 1.29 is 9.47 Å². The maximum absolute atomic E-state index is 9.48. The van der Waals surface area contributed by atoms with Gasteiger partial charge < -0.3 is 14.4 Å². The Hall–Kier alpha value is -2.58. The van der Waals surface area contributed by atoms with Crippen molar-refractivity contribution in [2.45, 2.75) is 0 Å². The van der Waals surface area contributed by atoms with E-state index in [0.717, 1.165) is 18.8 Å². The number of rotatable bonds is 3. The minimum absolute atomic E-state index is 0.340. The highest BCUT2D eigenvalue weighted by atomic mass is 16.5. The molecule has 0 atom stereocenters. The molecule has 0 radical (unpaired) electrons. The standard InChI is InChI=1S/C16H15N3O2/c17-12-14-15(19-8-10-20-11-9-19)6-7-18-16(14)21-13-4-2-1-3-5-13/h1-7H,8-11H2. The van der Waals surface area contributed by atoms with E-state index in [2.05, 4.69) is 16.0 Å². The zero-order chi connectivity index (χ0) is 14.5. The van der Waals surface area contributed by atoms with E-state index in [0.29, 0.717) is 30.4 Å². The van der Waals surface area contributed by atoms with Crippen LogP contribution in [0.3, 0.4) is 0 Å². The van der Waals surface area contributed by atoms with E-state index >= 15 is 0 Å². The highest BCUT2D eigenvalue weighted by molar-refractivity contribution is 5.63. The Kier molecular flexibility index (Phi) is 3.99. The van der Waals surface area contributed by atoms with Crippen molar-refractivity contribution >= 4 is 5.69 Å². The number of para-hydroxylation sites is 1. The van der Waals surface area contributed by atoms with Crippen LogP contribution in [0, 0.1) is 11.3 Å². The van der Waals surface area contributed by atoms with Crippen LogP contribution in [0.1, 0.15) is 5.56 Å². The average Bonchev–Trinajstić information content (AvgIpc) is 2.56. The average molecular weight is 281 g/mol. The number of hydrogen-bond acceptors (Lipinski definition) is 5. The number of hydrogen-bond donors (Lipinski definition) is 0. The molecule has 0 N–H and O–H groups in total. The van der Waals surface area contributed by atoms with Crippen LogP contribution in [0.2, 0.25) is 0 Å². The first kappa shape index (κ1) is 13.4. The van der Waals surface area contributed by atoms with Gasteiger partial charge in [-0.3, -0.25) is 0 Å². The SMILES string of the molecule is N#Cc1c(N2CCOCC2)ccnc1Oc1ccccc1. The first-order valence-corrected chi connectivity index (χ1v) is 6.83. The first-order valence-electron chi connectivity index (χ1n) is 6.83. The lowest BCUT2D eigenvalue weighted by atomic mass is 10.2. The molecule has 1 fully saturated rings. The summed E-state index contributed by atoms with van der Waals surface area (Å²) < 4.78 is 11.1. The Morgan fingerprint density at radius 1 is 1.14 bits per heavy atom. The molecule has 0 spiro atoms. The Morgan fingerprint density at radius 2 is 1.90 bits per heavy atom. The van der Waals surface area contributed by atoms with Crippen molar-refractivity contribution in [3.63, 3.8) is 0 Å². The van der Waals surface area contributed by atoms with Gasteiger partial charge in [0.05, 0.1) is 18.9 Å². The van der Waals surface area contributed by atoms with Gasteiger partial charge in [-0.05, 0) is 18.2 Å². The zero-order valence-corrected chi connectivity index (χ0v) is 11.5. The van der Waals surface area contributed by atoms with Gasteiger partial charge in [0.1, 0.15) is 17.4 Å². The predicted molar refractivity (Wildman–Crippen MR) is 78.5 cm³/mol. The van der Waals surface area contributed by atoms with Gasteiger partial charge in [-0.2, -0.15) is 5.26 Å². The molecular formula is C16H15N3O2. The summed E-state index contributed by atoms with van der Waals surface area (Å²) in [6.07, 6.45) is 1.67. The second kappa shape index (κ2) is 6.25. The molecular weight excluding hydrogens is 266 g/mol. The molecule has 21 heavy (non-hydrogen) atoms. The summed E-state index contributed by atoms with van der Waals surface area (Å²) in [5.74, 6) is 1.01. The third-order valence-corrected chi connectivity index (χ3v) is 3.32. The fraction of sp³-hybridized carbons (Fsp3) is 0.250. The van der Waals surface area contributed by atoms with Gasteiger partial charge in [0.25, 0.3) is 0 Å².